The summed E-state index contributed by atoms with van der Waals surface area (Å²) in [6, 6.07) is 24.4. The number of aliphatic carboxylic acids is 1. The zero-order valence-corrected chi connectivity index (χ0v) is 25.5. The van der Waals surface area contributed by atoms with Gasteiger partial charge in [0.25, 0.3) is 5.91 Å². The van der Waals surface area contributed by atoms with E-state index in [2.05, 4.69) is 59.4 Å². The third-order valence-corrected chi connectivity index (χ3v) is 8.12. The summed E-state index contributed by atoms with van der Waals surface area (Å²) in [5.74, 6) is -1.70. The standard InChI is InChI=1S/C38H41N3O3/c1-2-3-4-5-6-9-16-29-18-14-22-33(28-29)40-26-15-19-31-27-30(24-25-35(31)40)17-10-7-13-23-34-36(38(43)44)39-41(37(34)42)32-20-11-8-12-21-32/h7-8,10-14,17-18,20-25,27-28H,2-6,9,15-16,19,26H2,1H3,(H,43,44)/b13-7+,17-10+,34-23-. The topological polar surface area (TPSA) is 73.2 Å². The predicted octanol–water partition coefficient (Wildman–Crippen LogP) is 8.66. The third kappa shape index (κ3) is 7.62. The van der Waals surface area contributed by atoms with Crippen LogP contribution in [0.1, 0.15) is 68.6 Å². The Bertz CT molecular complexity index is 1590. The van der Waals surface area contributed by atoms with Gasteiger partial charge in [-0.15, -0.1) is 0 Å². The van der Waals surface area contributed by atoms with Crippen LogP contribution in [0.4, 0.5) is 17.1 Å². The predicted molar refractivity (Wildman–Crippen MR) is 181 cm³/mol. The number of hydrazone groups is 1. The molecule has 0 saturated carbocycles. The van der Waals surface area contributed by atoms with Crippen LogP contribution >= 0.6 is 0 Å². The molecule has 2 heterocycles. The van der Waals surface area contributed by atoms with E-state index in [1.807, 2.05) is 18.2 Å². The number of carboxylic acid groups (broad SMARTS) is 1. The number of fused-ring (bicyclic) bond motifs is 1. The Kier molecular flexibility index (Phi) is 10.6. The Labute approximate surface area is 260 Å². The number of rotatable bonds is 13. The minimum Gasteiger partial charge on any atom is -0.476 e. The number of carbonyl (C=O) groups excluding carboxylic acids is 1. The molecule has 0 spiro atoms. The maximum Gasteiger partial charge on any atom is 0.357 e. The van der Waals surface area contributed by atoms with Crippen molar-refractivity contribution in [1.82, 2.24) is 0 Å². The Morgan fingerprint density at radius 2 is 1.68 bits per heavy atom. The highest BCUT2D eigenvalue weighted by Crippen LogP contribution is 2.35. The zero-order valence-electron chi connectivity index (χ0n) is 25.5. The number of benzene rings is 3. The number of anilines is 3. The minimum absolute atomic E-state index is 0.0518. The zero-order chi connectivity index (χ0) is 30.7. The quantitative estimate of drug-likeness (QED) is 0.123. The molecule has 0 saturated heterocycles. The van der Waals surface area contributed by atoms with Crippen molar-refractivity contribution in [2.24, 2.45) is 5.10 Å². The van der Waals surface area contributed by atoms with Crippen LogP contribution in [0.2, 0.25) is 0 Å². The number of hydrogen-bond acceptors (Lipinski definition) is 4. The van der Waals surface area contributed by atoms with Gasteiger partial charge in [0, 0.05) is 17.9 Å². The lowest BCUT2D eigenvalue weighted by Crippen LogP contribution is -2.24. The number of aryl methyl sites for hydroxylation is 2. The molecule has 0 aliphatic carbocycles. The summed E-state index contributed by atoms with van der Waals surface area (Å²) in [6.07, 6.45) is 20.1. The second kappa shape index (κ2) is 15.1. The van der Waals surface area contributed by atoms with E-state index in [0.717, 1.165) is 36.4 Å². The van der Waals surface area contributed by atoms with Gasteiger partial charge in [0.2, 0.25) is 0 Å². The average molecular weight is 588 g/mol. The fraction of sp³-hybridized carbons (Fsp3) is 0.289. The van der Waals surface area contributed by atoms with E-state index >= 15 is 0 Å². The Balaban J connectivity index is 1.22. The maximum absolute atomic E-state index is 12.9. The molecule has 2 aliphatic heterocycles. The van der Waals surface area contributed by atoms with Crippen molar-refractivity contribution in [1.29, 1.82) is 0 Å². The van der Waals surface area contributed by atoms with Crippen molar-refractivity contribution in [3.8, 4) is 0 Å². The molecule has 0 unspecified atom stereocenters. The monoisotopic (exact) mass is 587 g/mol. The molecule has 0 fully saturated rings. The van der Waals surface area contributed by atoms with Gasteiger partial charge >= 0.3 is 5.97 Å². The summed E-state index contributed by atoms with van der Waals surface area (Å²) in [6.45, 7) is 3.28. The molecule has 6 nitrogen and oxygen atoms in total. The van der Waals surface area contributed by atoms with Crippen LogP contribution in [-0.4, -0.2) is 29.2 Å². The van der Waals surface area contributed by atoms with Gasteiger partial charge in [-0.2, -0.15) is 10.1 Å². The second-order valence-corrected chi connectivity index (χ2v) is 11.4. The molecule has 44 heavy (non-hydrogen) atoms. The fourth-order valence-electron chi connectivity index (χ4n) is 5.83. The van der Waals surface area contributed by atoms with E-state index in [-0.39, 0.29) is 11.3 Å². The van der Waals surface area contributed by atoms with Crippen LogP contribution < -0.4 is 9.91 Å². The van der Waals surface area contributed by atoms with Gasteiger partial charge in [-0.3, -0.25) is 4.79 Å². The fourth-order valence-corrected chi connectivity index (χ4v) is 5.83. The molecule has 1 N–H and O–H groups in total. The van der Waals surface area contributed by atoms with Crippen molar-refractivity contribution in [2.75, 3.05) is 16.5 Å². The lowest BCUT2D eigenvalue weighted by atomic mass is 9.97. The molecular weight excluding hydrogens is 546 g/mol. The molecule has 0 radical (unpaired) electrons. The molecule has 0 atom stereocenters. The van der Waals surface area contributed by atoms with E-state index in [1.165, 1.54) is 67.1 Å². The molecule has 3 aromatic carbocycles. The molecule has 2 aliphatic rings. The summed E-state index contributed by atoms with van der Waals surface area (Å²) < 4.78 is 0. The van der Waals surface area contributed by atoms with Crippen molar-refractivity contribution in [2.45, 2.75) is 64.7 Å². The second-order valence-electron chi connectivity index (χ2n) is 11.4. The molecular formula is C38H41N3O3. The van der Waals surface area contributed by atoms with Gasteiger partial charge in [-0.05, 0) is 84.8 Å². The average Bonchev–Trinajstić information content (AvgIpc) is 3.38. The van der Waals surface area contributed by atoms with E-state index < -0.39 is 11.9 Å². The number of amides is 1. The highest BCUT2D eigenvalue weighted by atomic mass is 16.4. The lowest BCUT2D eigenvalue weighted by molar-refractivity contribution is -0.129. The molecule has 0 aromatic heterocycles. The van der Waals surface area contributed by atoms with E-state index in [0.29, 0.717) is 5.69 Å². The summed E-state index contributed by atoms with van der Waals surface area (Å²) in [7, 11) is 0. The third-order valence-electron chi connectivity index (χ3n) is 8.12. The first-order chi connectivity index (χ1) is 21.5. The lowest BCUT2D eigenvalue weighted by Gasteiger charge is -2.32. The Morgan fingerprint density at radius 3 is 2.50 bits per heavy atom. The first-order valence-corrected chi connectivity index (χ1v) is 15.8. The first kappa shape index (κ1) is 30.7. The van der Waals surface area contributed by atoms with Crippen molar-refractivity contribution >= 4 is 40.7 Å². The van der Waals surface area contributed by atoms with Crippen LogP contribution in [0.15, 0.2) is 108 Å². The van der Waals surface area contributed by atoms with Crippen LogP contribution in [-0.2, 0) is 22.4 Å². The molecule has 6 heteroatoms. The van der Waals surface area contributed by atoms with Crippen molar-refractivity contribution in [3.05, 3.63) is 119 Å². The minimum atomic E-state index is -1.24. The molecule has 226 valence electrons. The first-order valence-electron chi connectivity index (χ1n) is 15.8. The van der Waals surface area contributed by atoms with Gasteiger partial charge in [-0.1, -0.05) is 99.7 Å². The highest BCUT2D eigenvalue weighted by molar-refractivity contribution is 6.52. The normalized spacial score (nSPS) is 15.9. The summed E-state index contributed by atoms with van der Waals surface area (Å²) in [5, 5.41) is 14.8. The van der Waals surface area contributed by atoms with Crippen LogP contribution in [0, 0.1) is 0 Å². The Hall–Kier alpha value is -4.71. The Morgan fingerprint density at radius 1 is 0.886 bits per heavy atom. The largest absolute Gasteiger partial charge is 0.476 e. The maximum atomic E-state index is 12.9. The van der Waals surface area contributed by atoms with Gasteiger partial charge < -0.3 is 10.0 Å². The van der Waals surface area contributed by atoms with E-state index in [1.54, 1.807) is 36.4 Å². The SMILES string of the molecule is CCCCCCCCc1cccc(N2CCCc3cc(/C=C/C=C/C=C4\C(=O)N(c5ccccc5)N=C4C(=O)O)ccc32)c1. The van der Waals surface area contributed by atoms with Crippen LogP contribution in [0.25, 0.3) is 6.08 Å². The van der Waals surface area contributed by atoms with Crippen molar-refractivity contribution < 1.29 is 14.7 Å². The van der Waals surface area contributed by atoms with Gasteiger partial charge in [0.1, 0.15) is 0 Å². The van der Waals surface area contributed by atoms with Crippen LogP contribution in [0.3, 0.4) is 0 Å². The molecule has 5 rings (SSSR count). The number of allylic oxidation sites excluding steroid dienone is 4. The highest BCUT2D eigenvalue weighted by Gasteiger charge is 2.34. The summed E-state index contributed by atoms with van der Waals surface area (Å²) in [5.41, 5.74) is 6.70. The molecule has 1 amide bonds. The van der Waals surface area contributed by atoms with Crippen LogP contribution in [0.5, 0.6) is 0 Å². The number of nitrogens with zero attached hydrogens (tertiary/aromatic N) is 3. The van der Waals surface area contributed by atoms with E-state index in [4.69, 9.17) is 0 Å². The number of hydrogen-bond donors (Lipinski definition) is 1. The molecule has 3 aromatic rings. The van der Waals surface area contributed by atoms with E-state index in [9.17, 15) is 14.7 Å². The number of carbonyl (C=O) groups is 2. The summed E-state index contributed by atoms with van der Waals surface area (Å²) >= 11 is 0. The number of unbranched alkanes of at least 4 members (excludes halogenated alkanes) is 5. The summed E-state index contributed by atoms with van der Waals surface area (Å²) in [4.78, 5) is 27.1. The van der Waals surface area contributed by atoms with Crippen molar-refractivity contribution in [3.63, 3.8) is 0 Å². The number of para-hydroxylation sites is 1. The van der Waals surface area contributed by atoms with Gasteiger partial charge in [-0.25, -0.2) is 4.79 Å². The number of carboxylic acids is 1. The van der Waals surface area contributed by atoms with Gasteiger partial charge in [0.15, 0.2) is 5.71 Å². The smallest absolute Gasteiger partial charge is 0.357 e. The van der Waals surface area contributed by atoms with Gasteiger partial charge in [0.05, 0.1) is 11.3 Å². The molecule has 0 bridgehead atoms.